The fourth-order valence-electron chi connectivity index (χ4n) is 3.92. The Hall–Kier alpha value is -2.86. The van der Waals surface area contributed by atoms with Crippen LogP contribution < -0.4 is 15.8 Å². The first-order valence-electron chi connectivity index (χ1n) is 10.1. The van der Waals surface area contributed by atoms with Crippen molar-refractivity contribution in [3.05, 3.63) is 57.5 Å². The van der Waals surface area contributed by atoms with Crippen LogP contribution in [0, 0.1) is 13.8 Å². The Balaban J connectivity index is 1.92. The molecule has 3 aromatic rings. The summed E-state index contributed by atoms with van der Waals surface area (Å²) >= 11 is 5.93. The molecule has 1 aromatic carbocycles. The van der Waals surface area contributed by atoms with Crippen LogP contribution in [0.1, 0.15) is 45.8 Å². The van der Waals surface area contributed by atoms with E-state index in [1.165, 1.54) is 0 Å². The van der Waals surface area contributed by atoms with Gasteiger partial charge in [-0.15, -0.1) is 0 Å². The van der Waals surface area contributed by atoms with Crippen molar-refractivity contribution >= 4 is 50.5 Å². The van der Waals surface area contributed by atoms with Crippen molar-refractivity contribution in [2.24, 2.45) is 12.1 Å². The third-order valence-corrected chi connectivity index (χ3v) is 7.40. The van der Waals surface area contributed by atoms with Gasteiger partial charge in [-0.25, -0.2) is 4.68 Å². The maximum Gasteiger partial charge on any atom is 0.269 e. The molecule has 0 saturated carbocycles. The first-order valence-corrected chi connectivity index (χ1v) is 12.4. The molecule has 11 heteroatoms. The Morgan fingerprint density at radius 2 is 2.06 bits per heavy atom. The lowest BCUT2D eigenvalue weighted by molar-refractivity contribution is 0.0958. The van der Waals surface area contributed by atoms with E-state index in [4.69, 9.17) is 27.2 Å². The molecule has 1 aliphatic rings. The zero-order chi connectivity index (χ0) is 23.9. The van der Waals surface area contributed by atoms with Gasteiger partial charge in [-0.05, 0) is 50.1 Å². The van der Waals surface area contributed by atoms with Crippen LogP contribution in [-0.2, 0) is 0 Å². The maximum atomic E-state index is 12.2. The van der Waals surface area contributed by atoms with Crippen LogP contribution in [0.25, 0.3) is 11.1 Å². The van der Waals surface area contributed by atoms with Crippen molar-refractivity contribution in [1.82, 2.24) is 20.1 Å². The number of ether oxygens (including phenoxy) is 1. The minimum Gasteiger partial charge on any atom is -0.496 e. The molecule has 1 aliphatic heterocycles. The third kappa shape index (κ3) is 4.01. The average Bonchev–Trinajstić information content (AvgIpc) is 3.17. The van der Waals surface area contributed by atoms with Crippen LogP contribution in [0.4, 0.5) is 5.82 Å². The van der Waals surface area contributed by atoms with Crippen LogP contribution >= 0.6 is 32.9 Å². The molecule has 0 saturated heterocycles. The van der Waals surface area contributed by atoms with E-state index >= 15 is 0 Å². The normalized spacial score (nSPS) is 13.6. The fraction of sp³-hybridized carbons (Fsp3) is 0.273. The van der Waals surface area contributed by atoms with Gasteiger partial charge in [-0.3, -0.25) is 9.78 Å². The number of fused-ring (bicyclic) bond motifs is 1. The van der Waals surface area contributed by atoms with Crippen molar-refractivity contribution in [3.63, 3.8) is 0 Å². The predicted molar refractivity (Wildman–Crippen MR) is 137 cm³/mol. The van der Waals surface area contributed by atoms with E-state index in [9.17, 15) is 4.79 Å². The van der Waals surface area contributed by atoms with Gasteiger partial charge in [0.15, 0.2) is 5.82 Å². The van der Waals surface area contributed by atoms with E-state index in [0.717, 1.165) is 39.3 Å². The highest BCUT2D eigenvalue weighted by Crippen LogP contribution is 2.44. The standard InChI is InChI=1S/C22H23ClIN7O2/c1-10-15(23)9-14(12(3)31-21-18(11(2)30-31)20(25)28-24-29-21)19(33-5)17(10)13-6-7-27-16(8-13)22(32)26-4/h6-9,12H,1-5H3,(H,26,32)(H2,25,28,29). The number of amides is 1. The molecule has 0 radical (unpaired) electrons. The summed E-state index contributed by atoms with van der Waals surface area (Å²) in [6.07, 6.45) is 1.60. The largest absolute Gasteiger partial charge is 0.496 e. The number of aryl methyl sites for hydroxylation is 1. The Bertz CT molecular complexity index is 1330. The quantitative estimate of drug-likeness (QED) is 0.428. The molecule has 1 atom stereocenters. The van der Waals surface area contributed by atoms with Gasteiger partial charge in [0.2, 0.25) is 0 Å². The average molecular weight is 580 g/mol. The zero-order valence-electron chi connectivity index (χ0n) is 18.8. The van der Waals surface area contributed by atoms with Gasteiger partial charge < -0.3 is 15.8 Å². The molecule has 0 spiro atoms. The fourth-order valence-corrected chi connectivity index (χ4v) is 5.38. The topological polar surface area (TPSA) is 120 Å². The van der Waals surface area contributed by atoms with Crippen LogP contribution in [-0.4, -0.2) is 40.7 Å². The first kappa shape index (κ1) is 23.3. The third-order valence-electron chi connectivity index (χ3n) is 5.60. The van der Waals surface area contributed by atoms with Crippen molar-refractivity contribution in [2.45, 2.75) is 26.8 Å². The summed E-state index contributed by atoms with van der Waals surface area (Å²) in [5.41, 5.74) is 11.2. The predicted octanol–water partition coefficient (Wildman–Crippen LogP) is 4.61. The Kier molecular flexibility index (Phi) is 6.48. The molecule has 172 valence electrons. The number of carbonyl (C=O) groups is 1. The van der Waals surface area contributed by atoms with Gasteiger partial charge in [0.1, 0.15) is 38.6 Å². The highest BCUT2D eigenvalue weighted by molar-refractivity contribution is 14.1. The van der Waals surface area contributed by atoms with E-state index in [1.54, 1.807) is 26.4 Å². The monoisotopic (exact) mass is 579 g/mol. The summed E-state index contributed by atoms with van der Waals surface area (Å²) in [4.78, 5) is 16.3. The number of methoxy groups -OCH3 is 1. The SMILES string of the molecule is CNC(=O)c1cc(-c2c(C)c(Cl)cc(C(C)n3nc(C)c4c3N=IN=C4N)c2OC)ccn1. The zero-order valence-corrected chi connectivity index (χ0v) is 21.7. The molecule has 3 N–H and O–H groups in total. The summed E-state index contributed by atoms with van der Waals surface area (Å²) in [6, 6.07) is 5.20. The minimum atomic E-state index is -0.767. The van der Waals surface area contributed by atoms with Crippen LogP contribution in [0.5, 0.6) is 5.75 Å². The number of nitrogens with two attached hydrogens (primary N) is 1. The van der Waals surface area contributed by atoms with E-state index in [0.29, 0.717) is 22.3 Å². The second-order valence-electron chi connectivity index (χ2n) is 7.52. The Morgan fingerprint density at radius 1 is 1.30 bits per heavy atom. The Labute approximate surface area is 206 Å². The van der Waals surface area contributed by atoms with Crippen molar-refractivity contribution in [3.8, 4) is 16.9 Å². The summed E-state index contributed by atoms with van der Waals surface area (Å²) in [5.74, 6) is 1.59. The second-order valence-corrected chi connectivity index (χ2v) is 9.33. The number of carbonyl (C=O) groups excluding carboxylic acids is 1. The molecule has 33 heavy (non-hydrogen) atoms. The molecule has 0 fully saturated rings. The number of hydrogen-bond acceptors (Lipinski definition) is 7. The van der Waals surface area contributed by atoms with Crippen LogP contribution in [0.2, 0.25) is 5.02 Å². The highest BCUT2D eigenvalue weighted by Gasteiger charge is 2.28. The van der Waals surface area contributed by atoms with Gasteiger partial charge in [0.05, 0.1) is 24.4 Å². The molecule has 0 aliphatic carbocycles. The van der Waals surface area contributed by atoms with E-state index in [2.05, 4.69) is 16.7 Å². The van der Waals surface area contributed by atoms with Crippen molar-refractivity contribution in [2.75, 3.05) is 14.2 Å². The van der Waals surface area contributed by atoms with Crippen molar-refractivity contribution < 1.29 is 9.53 Å². The number of nitrogens with one attached hydrogen (secondary N) is 1. The molecular weight excluding hydrogens is 557 g/mol. The van der Waals surface area contributed by atoms with Gasteiger partial charge in [0, 0.05) is 29.4 Å². The van der Waals surface area contributed by atoms with Crippen molar-refractivity contribution in [1.29, 1.82) is 0 Å². The second kappa shape index (κ2) is 9.18. The Morgan fingerprint density at radius 3 is 2.76 bits per heavy atom. The number of benzene rings is 1. The smallest absolute Gasteiger partial charge is 0.269 e. The lowest BCUT2D eigenvalue weighted by atomic mass is 9.94. The van der Waals surface area contributed by atoms with E-state index in [1.807, 2.05) is 37.6 Å². The summed E-state index contributed by atoms with van der Waals surface area (Å²) in [6.45, 7) is 5.83. The molecular formula is C22H23ClIN7O2. The first-order chi connectivity index (χ1) is 15.8. The van der Waals surface area contributed by atoms with E-state index in [-0.39, 0.29) is 11.9 Å². The molecule has 2 aromatic heterocycles. The summed E-state index contributed by atoms with van der Waals surface area (Å²) in [5, 5.41) is 7.90. The maximum absolute atomic E-state index is 12.2. The van der Waals surface area contributed by atoms with Gasteiger partial charge >= 0.3 is 0 Å². The van der Waals surface area contributed by atoms with E-state index < -0.39 is 21.3 Å². The number of pyridine rings is 1. The number of rotatable bonds is 5. The number of nitrogens with zero attached hydrogens (tertiary/aromatic N) is 5. The molecule has 0 bridgehead atoms. The van der Waals surface area contributed by atoms with Gasteiger partial charge in [-0.2, -0.15) is 11.4 Å². The molecule has 3 heterocycles. The molecule has 1 unspecified atom stereocenters. The molecule has 1 amide bonds. The molecule has 9 nitrogen and oxygen atoms in total. The highest BCUT2D eigenvalue weighted by atomic mass is 127. The lowest BCUT2D eigenvalue weighted by Crippen LogP contribution is -2.19. The number of hydrogen-bond donors (Lipinski definition) is 2. The summed E-state index contributed by atoms with van der Waals surface area (Å²) in [7, 11) is 3.19. The molecule has 4 rings (SSSR count). The number of halogens is 2. The number of amidine groups is 1. The summed E-state index contributed by atoms with van der Waals surface area (Å²) < 4.78 is 16.7. The van der Waals surface area contributed by atoms with Gasteiger partial charge in [0.25, 0.3) is 5.91 Å². The van der Waals surface area contributed by atoms with Gasteiger partial charge in [-0.1, -0.05) is 11.6 Å². The van der Waals surface area contributed by atoms with Crippen LogP contribution in [0.3, 0.4) is 0 Å². The number of aromatic nitrogens is 3. The minimum absolute atomic E-state index is 0.252. The van der Waals surface area contributed by atoms with Crippen LogP contribution in [0.15, 0.2) is 30.7 Å². The lowest BCUT2D eigenvalue weighted by Gasteiger charge is -2.23.